The Morgan fingerprint density at radius 3 is 2.00 bits per heavy atom. The summed E-state index contributed by atoms with van der Waals surface area (Å²) in [5.41, 5.74) is 0.619. The fourth-order valence-corrected chi connectivity index (χ4v) is 4.01. The van der Waals surface area contributed by atoms with Crippen molar-refractivity contribution in [1.82, 2.24) is 14.7 Å². The lowest BCUT2D eigenvalue weighted by atomic mass is 9.88. The lowest BCUT2D eigenvalue weighted by Gasteiger charge is -2.41. The van der Waals surface area contributed by atoms with Crippen LogP contribution in [0.5, 0.6) is 0 Å². The van der Waals surface area contributed by atoms with Crippen LogP contribution < -0.4 is 0 Å². The smallest absolute Gasteiger partial charge is 0.274 e. The van der Waals surface area contributed by atoms with Crippen LogP contribution in [0.1, 0.15) is 74.7 Å². The lowest BCUT2D eigenvalue weighted by Crippen LogP contribution is -2.49. The molecule has 116 valence electrons. The Balaban J connectivity index is 1.81. The van der Waals surface area contributed by atoms with E-state index in [0.29, 0.717) is 17.8 Å². The van der Waals surface area contributed by atoms with Crippen LogP contribution in [0.15, 0.2) is 12.3 Å². The predicted octanol–water partition coefficient (Wildman–Crippen LogP) is 3.53. The van der Waals surface area contributed by atoms with E-state index < -0.39 is 0 Å². The van der Waals surface area contributed by atoms with Gasteiger partial charge >= 0.3 is 0 Å². The van der Waals surface area contributed by atoms with Gasteiger partial charge in [0.2, 0.25) is 0 Å². The number of carbonyl (C=O) groups is 1. The number of hydrogen-bond acceptors (Lipinski definition) is 2. The Hall–Kier alpha value is -1.32. The molecule has 4 heteroatoms. The van der Waals surface area contributed by atoms with E-state index in [1.165, 1.54) is 64.2 Å². The zero-order valence-corrected chi connectivity index (χ0v) is 13.1. The van der Waals surface area contributed by atoms with Crippen LogP contribution in [0, 0.1) is 0 Å². The normalized spacial score (nSPS) is 21.4. The molecule has 1 aromatic heterocycles. The highest BCUT2D eigenvalue weighted by Gasteiger charge is 2.33. The molecular formula is C17H27N3O. The van der Waals surface area contributed by atoms with Gasteiger partial charge in [0.1, 0.15) is 5.69 Å². The molecule has 0 bridgehead atoms. The summed E-state index contributed by atoms with van der Waals surface area (Å²) in [6.07, 6.45) is 14.3. The van der Waals surface area contributed by atoms with Gasteiger partial charge in [-0.05, 0) is 31.7 Å². The van der Waals surface area contributed by atoms with Gasteiger partial charge in [-0.25, -0.2) is 0 Å². The quantitative estimate of drug-likeness (QED) is 0.853. The second-order valence-corrected chi connectivity index (χ2v) is 6.67. The third-order valence-electron chi connectivity index (χ3n) is 5.10. The van der Waals surface area contributed by atoms with Gasteiger partial charge in [0.25, 0.3) is 5.91 Å². The van der Waals surface area contributed by atoms with E-state index in [2.05, 4.69) is 10.00 Å². The van der Waals surface area contributed by atoms with Gasteiger partial charge in [0, 0.05) is 25.3 Å². The summed E-state index contributed by atoms with van der Waals surface area (Å²) in [5.74, 6) is 0.161. The average molecular weight is 289 g/mol. The van der Waals surface area contributed by atoms with Crippen molar-refractivity contribution in [2.24, 2.45) is 7.05 Å². The van der Waals surface area contributed by atoms with Gasteiger partial charge in [-0.15, -0.1) is 0 Å². The van der Waals surface area contributed by atoms with Crippen molar-refractivity contribution >= 4 is 5.91 Å². The van der Waals surface area contributed by atoms with E-state index in [0.717, 1.165) is 0 Å². The highest BCUT2D eigenvalue weighted by molar-refractivity contribution is 5.92. The van der Waals surface area contributed by atoms with Crippen LogP contribution in [-0.2, 0) is 7.05 Å². The first kappa shape index (κ1) is 14.6. The molecule has 0 radical (unpaired) electrons. The van der Waals surface area contributed by atoms with Crippen LogP contribution in [0.2, 0.25) is 0 Å². The molecule has 4 nitrogen and oxygen atoms in total. The maximum atomic E-state index is 13.0. The third-order valence-corrected chi connectivity index (χ3v) is 5.10. The molecule has 0 spiro atoms. The topological polar surface area (TPSA) is 38.1 Å². The zero-order chi connectivity index (χ0) is 14.7. The van der Waals surface area contributed by atoms with E-state index in [1.54, 1.807) is 4.68 Å². The van der Waals surface area contributed by atoms with Crippen molar-refractivity contribution in [3.05, 3.63) is 18.0 Å². The minimum atomic E-state index is 0.161. The number of amides is 1. The number of rotatable bonds is 3. The Kier molecular flexibility index (Phi) is 4.61. The summed E-state index contributed by atoms with van der Waals surface area (Å²) in [7, 11) is 1.88. The number of aryl methyl sites for hydroxylation is 1. The van der Waals surface area contributed by atoms with Crippen LogP contribution in [0.25, 0.3) is 0 Å². The van der Waals surface area contributed by atoms with E-state index in [-0.39, 0.29) is 5.91 Å². The molecular weight excluding hydrogens is 262 g/mol. The summed E-state index contributed by atoms with van der Waals surface area (Å²) in [6, 6.07) is 2.74. The van der Waals surface area contributed by atoms with Crippen molar-refractivity contribution in [2.45, 2.75) is 76.3 Å². The Bertz CT molecular complexity index is 452. The molecule has 1 heterocycles. The molecule has 1 amide bonds. The molecule has 2 aliphatic carbocycles. The third kappa shape index (κ3) is 3.30. The van der Waals surface area contributed by atoms with Crippen molar-refractivity contribution in [1.29, 1.82) is 0 Å². The number of aromatic nitrogens is 2. The molecule has 0 saturated heterocycles. The van der Waals surface area contributed by atoms with E-state index in [1.807, 2.05) is 19.3 Å². The Morgan fingerprint density at radius 1 is 1.05 bits per heavy atom. The van der Waals surface area contributed by atoms with Crippen molar-refractivity contribution in [2.75, 3.05) is 0 Å². The fourth-order valence-electron chi connectivity index (χ4n) is 4.01. The minimum absolute atomic E-state index is 0.161. The summed E-state index contributed by atoms with van der Waals surface area (Å²) >= 11 is 0. The number of carbonyl (C=O) groups excluding carboxylic acids is 1. The van der Waals surface area contributed by atoms with Gasteiger partial charge < -0.3 is 4.90 Å². The molecule has 0 N–H and O–H groups in total. The maximum Gasteiger partial charge on any atom is 0.274 e. The van der Waals surface area contributed by atoms with E-state index >= 15 is 0 Å². The number of nitrogens with zero attached hydrogens (tertiary/aromatic N) is 3. The second-order valence-electron chi connectivity index (χ2n) is 6.67. The Labute approximate surface area is 127 Å². The largest absolute Gasteiger partial charge is 0.331 e. The SMILES string of the molecule is Cn1ccc(C(=O)N(C2CCCCC2)C2CCCCC2)n1. The minimum Gasteiger partial charge on any atom is -0.331 e. The molecule has 1 aromatic rings. The van der Waals surface area contributed by atoms with Crippen LogP contribution in [0.4, 0.5) is 0 Å². The van der Waals surface area contributed by atoms with Crippen LogP contribution >= 0.6 is 0 Å². The fraction of sp³-hybridized carbons (Fsp3) is 0.765. The molecule has 2 saturated carbocycles. The lowest BCUT2D eigenvalue weighted by molar-refractivity contribution is 0.0442. The Morgan fingerprint density at radius 2 is 1.57 bits per heavy atom. The number of hydrogen-bond donors (Lipinski definition) is 0. The molecule has 3 rings (SSSR count). The predicted molar refractivity (Wildman–Crippen MR) is 83.1 cm³/mol. The van der Waals surface area contributed by atoms with Gasteiger partial charge in [-0.2, -0.15) is 5.10 Å². The highest BCUT2D eigenvalue weighted by Crippen LogP contribution is 2.31. The summed E-state index contributed by atoms with van der Waals surface area (Å²) in [4.78, 5) is 15.2. The summed E-state index contributed by atoms with van der Waals surface area (Å²) in [5, 5.41) is 4.35. The molecule has 2 fully saturated rings. The first-order chi connectivity index (χ1) is 10.3. The first-order valence-electron chi connectivity index (χ1n) is 8.58. The summed E-state index contributed by atoms with van der Waals surface area (Å²) < 4.78 is 1.73. The average Bonchev–Trinajstić information content (AvgIpc) is 2.96. The first-order valence-corrected chi connectivity index (χ1v) is 8.58. The standard InChI is InChI=1S/C17H27N3O/c1-19-13-12-16(18-19)17(21)20(14-8-4-2-5-9-14)15-10-6-3-7-11-15/h12-15H,2-11H2,1H3. The van der Waals surface area contributed by atoms with Gasteiger partial charge in [-0.1, -0.05) is 38.5 Å². The van der Waals surface area contributed by atoms with Gasteiger partial charge in [0.05, 0.1) is 0 Å². The van der Waals surface area contributed by atoms with Crippen LogP contribution in [-0.4, -0.2) is 32.7 Å². The van der Waals surface area contributed by atoms with Gasteiger partial charge in [0.15, 0.2) is 0 Å². The molecule has 21 heavy (non-hydrogen) atoms. The molecule has 0 atom stereocenters. The van der Waals surface area contributed by atoms with Crippen molar-refractivity contribution < 1.29 is 4.79 Å². The van der Waals surface area contributed by atoms with Crippen molar-refractivity contribution in [3.63, 3.8) is 0 Å². The summed E-state index contributed by atoms with van der Waals surface area (Å²) in [6.45, 7) is 0. The van der Waals surface area contributed by atoms with Crippen molar-refractivity contribution in [3.8, 4) is 0 Å². The van der Waals surface area contributed by atoms with Crippen LogP contribution in [0.3, 0.4) is 0 Å². The highest BCUT2D eigenvalue weighted by atomic mass is 16.2. The van der Waals surface area contributed by atoms with E-state index in [9.17, 15) is 4.79 Å². The monoisotopic (exact) mass is 289 g/mol. The van der Waals surface area contributed by atoms with Gasteiger partial charge in [-0.3, -0.25) is 9.48 Å². The molecule has 2 aliphatic rings. The molecule has 0 unspecified atom stereocenters. The maximum absolute atomic E-state index is 13.0. The van der Waals surface area contributed by atoms with E-state index in [4.69, 9.17) is 0 Å². The second kappa shape index (κ2) is 6.63. The molecule has 0 aromatic carbocycles. The molecule has 0 aliphatic heterocycles. The zero-order valence-electron chi connectivity index (χ0n) is 13.1.